The Morgan fingerprint density at radius 2 is 1.93 bits per heavy atom. The highest BCUT2D eigenvalue weighted by atomic mass is 19.1. The van der Waals surface area contributed by atoms with Gasteiger partial charge in [0.2, 0.25) is 0 Å². The first-order chi connectivity index (χ1) is 13.4. The lowest BCUT2D eigenvalue weighted by molar-refractivity contribution is -0.116. The van der Waals surface area contributed by atoms with Crippen LogP contribution in [-0.4, -0.2) is 17.0 Å². The largest absolute Gasteiger partial charge is 0.393 e. The molecule has 0 bridgehead atoms. The quantitative estimate of drug-likeness (QED) is 0.713. The highest BCUT2D eigenvalue weighted by Crippen LogP contribution is 2.65. The number of ketones is 1. The fraction of sp³-hybridized carbons (Fsp3) is 0.640. The van der Waals surface area contributed by atoms with Crippen LogP contribution >= 0.6 is 0 Å². The van der Waals surface area contributed by atoms with E-state index in [1.165, 1.54) is 5.57 Å². The highest BCUT2D eigenvalue weighted by Gasteiger charge is 2.59. The van der Waals surface area contributed by atoms with Gasteiger partial charge in [-0.2, -0.15) is 0 Å². The van der Waals surface area contributed by atoms with Gasteiger partial charge in [-0.3, -0.25) is 4.79 Å². The third-order valence-corrected chi connectivity index (χ3v) is 8.87. The van der Waals surface area contributed by atoms with E-state index in [1.807, 2.05) is 19.1 Å². The van der Waals surface area contributed by atoms with Crippen LogP contribution in [0.5, 0.6) is 0 Å². The molecule has 1 aromatic carbocycles. The lowest BCUT2D eigenvalue weighted by Crippen LogP contribution is -2.50. The van der Waals surface area contributed by atoms with Crippen LogP contribution < -0.4 is 0 Å². The molecule has 3 fully saturated rings. The molecular formula is C25H31FO2. The van der Waals surface area contributed by atoms with E-state index in [9.17, 15) is 14.3 Å². The number of aliphatic hydroxyl groups is 1. The number of aryl methyl sites for hydroxylation is 1. The van der Waals surface area contributed by atoms with Crippen molar-refractivity contribution in [1.29, 1.82) is 0 Å². The second-order valence-corrected chi connectivity index (χ2v) is 10.1. The van der Waals surface area contributed by atoms with E-state index in [0.29, 0.717) is 35.7 Å². The summed E-state index contributed by atoms with van der Waals surface area (Å²) in [6.45, 7) is 4.09. The van der Waals surface area contributed by atoms with Crippen LogP contribution in [0.25, 0.3) is 0 Å². The van der Waals surface area contributed by atoms with Crippen molar-refractivity contribution in [2.24, 2.45) is 29.1 Å². The molecule has 4 aliphatic carbocycles. The van der Waals surface area contributed by atoms with Crippen molar-refractivity contribution in [3.05, 3.63) is 46.8 Å². The zero-order chi connectivity index (χ0) is 19.6. The molecule has 4 aliphatic rings. The average Bonchev–Trinajstić information content (AvgIpc) is 2.97. The van der Waals surface area contributed by atoms with Crippen molar-refractivity contribution in [2.45, 2.75) is 70.8 Å². The summed E-state index contributed by atoms with van der Waals surface area (Å²) in [4.78, 5) is 12.0. The van der Waals surface area contributed by atoms with E-state index >= 15 is 0 Å². The minimum Gasteiger partial charge on any atom is -0.393 e. The van der Waals surface area contributed by atoms with E-state index in [-0.39, 0.29) is 29.0 Å². The zero-order valence-electron chi connectivity index (χ0n) is 17.0. The predicted octanol–water partition coefficient (Wildman–Crippen LogP) is 5.33. The number of carbonyl (C=O) groups excluding carboxylic acids is 1. The Morgan fingerprint density at radius 1 is 1.11 bits per heavy atom. The number of rotatable bonds is 1. The first-order valence-electron chi connectivity index (χ1n) is 11.1. The van der Waals surface area contributed by atoms with Gasteiger partial charge in [-0.1, -0.05) is 24.6 Å². The molecular weight excluding hydrogens is 351 g/mol. The molecule has 1 N–H and O–H groups in total. The van der Waals surface area contributed by atoms with Gasteiger partial charge in [0.05, 0.1) is 6.10 Å². The van der Waals surface area contributed by atoms with Crippen LogP contribution in [-0.2, 0) is 4.79 Å². The molecule has 0 aromatic heterocycles. The van der Waals surface area contributed by atoms with Gasteiger partial charge in [0.1, 0.15) is 5.82 Å². The van der Waals surface area contributed by atoms with E-state index in [4.69, 9.17) is 0 Å². The number of aliphatic hydroxyl groups excluding tert-OH is 1. The summed E-state index contributed by atoms with van der Waals surface area (Å²) < 4.78 is 14.5. The number of benzene rings is 1. The van der Waals surface area contributed by atoms with E-state index in [0.717, 1.165) is 44.1 Å². The Hall–Kier alpha value is -1.48. The standard InChI is InChI=1S/C25H31FO2/c1-14-3-4-16(12-22(14)26)20-13-25(2)21(9-10-23(25)28)19-7-5-15-11-17(27)6-8-18(15)24(19)20/h3-4,11-12,18-21,23-24,28H,5-10,13H2,1-2H3. The lowest BCUT2D eigenvalue weighted by Gasteiger charge is -2.57. The smallest absolute Gasteiger partial charge is 0.155 e. The number of hydrogen-bond acceptors (Lipinski definition) is 2. The molecule has 0 amide bonds. The minimum atomic E-state index is -0.249. The normalized spacial score (nSPS) is 42.4. The fourth-order valence-electron chi connectivity index (χ4n) is 7.46. The number of halogens is 1. The fourth-order valence-corrected chi connectivity index (χ4v) is 7.46. The molecule has 5 rings (SSSR count). The van der Waals surface area contributed by atoms with Crippen molar-refractivity contribution in [1.82, 2.24) is 0 Å². The maximum atomic E-state index is 14.5. The van der Waals surface area contributed by atoms with Crippen LogP contribution in [0.15, 0.2) is 29.8 Å². The van der Waals surface area contributed by atoms with Crippen molar-refractivity contribution >= 4 is 5.78 Å². The maximum absolute atomic E-state index is 14.5. The van der Waals surface area contributed by atoms with E-state index in [2.05, 4.69) is 13.0 Å². The summed E-state index contributed by atoms with van der Waals surface area (Å²) in [5.41, 5.74) is 3.06. The van der Waals surface area contributed by atoms with Gasteiger partial charge in [0, 0.05) is 6.42 Å². The predicted molar refractivity (Wildman–Crippen MR) is 107 cm³/mol. The van der Waals surface area contributed by atoms with Crippen molar-refractivity contribution < 1.29 is 14.3 Å². The Balaban J connectivity index is 1.61. The van der Waals surface area contributed by atoms with Gasteiger partial charge in [0.25, 0.3) is 0 Å². The Morgan fingerprint density at radius 3 is 2.71 bits per heavy atom. The third kappa shape index (κ3) is 2.65. The third-order valence-electron chi connectivity index (χ3n) is 8.87. The molecule has 3 saturated carbocycles. The molecule has 0 spiro atoms. The molecule has 0 radical (unpaired) electrons. The molecule has 7 unspecified atom stereocenters. The van der Waals surface area contributed by atoms with Crippen LogP contribution in [0.4, 0.5) is 4.39 Å². The Labute approximate surface area is 167 Å². The highest BCUT2D eigenvalue weighted by molar-refractivity contribution is 5.91. The zero-order valence-corrected chi connectivity index (χ0v) is 17.0. The molecule has 0 saturated heterocycles. The van der Waals surface area contributed by atoms with Crippen LogP contribution in [0.2, 0.25) is 0 Å². The number of allylic oxidation sites excluding steroid dienone is 1. The first-order valence-corrected chi connectivity index (χ1v) is 11.1. The molecule has 0 heterocycles. The summed E-state index contributed by atoms with van der Waals surface area (Å²) in [6, 6.07) is 5.76. The SMILES string of the molecule is Cc1ccc(C2CC3(C)C(O)CCC3C3CCC4=CC(=O)CCC4C23)cc1F. The number of fused-ring (bicyclic) bond motifs is 5. The molecule has 0 aliphatic heterocycles. The van der Waals surface area contributed by atoms with Gasteiger partial charge in [-0.25, -0.2) is 4.39 Å². The molecule has 3 heteroatoms. The minimum absolute atomic E-state index is 0.0705. The van der Waals surface area contributed by atoms with Crippen LogP contribution in [0, 0.1) is 41.8 Å². The molecule has 1 aromatic rings. The topological polar surface area (TPSA) is 37.3 Å². The van der Waals surface area contributed by atoms with Crippen LogP contribution in [0.3, 0.4) is 0 Å². The number of hydrogen-bond donors (Lipinski definition) is 1. The van der Waals surface area contributed by atoms with Crippen molar-refractivity contribution in [3.63, 3.8) is 0 Å². The molecule has 150 valence electrons. The second kappa shape index (κ2) is 6.52. The summed E-state index contributed by atoms with van der Waals surface area (Å²) in [7, 11) is 0. The number of carbonyl (C=O) groups is 1. The van der Waals surface area contributed by atoms with Gasteiger partial charge in [-0.05, 0) is 104 Å². The van der Waals surface area contributed by atoms with Crippen LogP contribution in [0.1, 0.15) is 68.9 Å². The second-order valence-electron chi connectivity index (χ2n) is 10.1. The summed E-state index contributed by atoms with van der Waals surface area (Å²) in [5, 5.41) is 10.9. The summed E-state index contributed by atoms with van der Waals surface area (Å²) in [6.07, 6.45) is 8.34. The maximum Gasteiger partial charge on any atom is 0.155 e. The van der Waals surface area contributed by atoms with E-state index < -0.39 is 0 Å². The summed E-state index contributed by atoms with van der Waals surface area (Å²) in [5.74, 6) is 2.46. The summed E-state index contributed by atoms with van der Waals surface area (Å²) >= 11 is 0. The Bertz CT molecular complexity index is 843. The van der Waals surface area contributed by atoms with Crippen molar-refractivity contribution in [2.75, 3.05) is 0 Å². The Kier molecular flexibility index (Phi) is 4.32. The van der Waals surface area contributed by atoms with Gasteiger partial charge in [0.15, 0.2) is 5.78 Å². The van der Waals surface area contributed by atoms with Gasteiger partial charge >= 0.3 is 0 Å². The molecule has 7 atom stereocenters. The van der Waals surface area contributed by atoms with Gasteiger partial charge < -0.3 is 5.11 Å². The lowest BCUT2D eigenvalue weighted by atomic mass is 9.48. The van der Waals surface area contributed by atoms with E-state index in [1.54, 1.807) is 6.07 Å². The molecule has 2 nitrogen and oxygen atoms in total. The monoisotopic (exact) mass is 382 g/mol. The average molecular weight is 383 g/mol. The first kappa shape index (κ1) is 18.5. The van der Waals surface area contributed by atoms with Crippen molar-refractivity contribution in [3.8, 4) is 0 Å². The van der Waals surface area contributed by atoms with Gasteiger partial charge in [-0.15, -0.1) is 0 Å². The molecule has 28 heavy (non-hydrogen) atoms.